The van der Waals surface area contributed by atoms with E-state index in [1.165, 1.54) is 0 Å². The SMILES string of the molecule is CC(C(=O)N1C[C@@H]2CCC[C@@]2(C(=O)O)C1)C(F)(F)F. The van der Waals surface area contributed by atoms with Gasteiger partial charge >= 0.3 is 12.1 Å². The maximum absolute atomic E-state index is 12.5. The van der Waals surface area contributed by atoms with E-state index in [1.54, 1.807) is 0 Å². The highest BCUT2D eigenvalue weighted by atomic mass is 19.4. The lowest BCUT2D eigenvalue weighted by Gasteiger charge is -2.25. The van der Waals surface area contributed by atoms with Crippen molar-refractivity contribution < 1.29 is 27.9 Å². The van der Waals surface area contributed by atoms with Crippen molar-refractivity contribution in [3.05, 3.63) is 0 Å². The van der Waals surface area contributed by atoms with Gasteiger partial charge in [-0.1, -0.05) is 6.42 Å². The van der Waals surface area contributed by atoms with Crippen LogP contribution < -0.4 is 0 Å². The summed E-state index contributed by atoms with van der Waals surface area (Å²) in [6.07, 6.45) is -2.72. The maximum atomic E-state index is 12.5. The lowest BCUT2D eigenvalue weighted by Crippen LogP contribution is -2.42. The zero-order valence-corrected chi connectivity index (χ0v) is 10.5. The van der Waals surface area contributed by atoms with Crippen LogP contribution in [0.15, 0.2) is 0 Å². The van der Waals surface area contributed by atoms with Gasteiger partial charge in [-0.2, -0.15) is 13.2 Å². The van der Waals surface area contributed by atoms with Gasteiger partial charge in [0.25, 0.3) is 0 Å². The molecule has 1 aliphatic carbocycles. The quantitative estimate of drug-likeness (QED) is 0.840. The Morgan fingerprint density at radius 2 is 2.05 bits per heavy atom. The minimum absolute atomic E-state index is 0.0910. The first kappa shape index (κ1) is 14.1. The topological polar surface area (TPSA) is 57.6 Å². The Balaban J connectivity index is 2.14. The smallest absolute Gasteiger partial charge is 0.400 e. The van der Waals surface area contributed by atoms with Crippen molar-refractivity contribution in [3.8, 4) is 0 Å². The third-order valence-electron chi connectivity index (χ3n) is 4.47. The summed E-state index contributed by atoms with van der Waals surface area (Å²) in [5, 5.41) is 9.31. The summed E-state index contributed by atoms with van der Waals surface area (Å²) in [6, 6.07) is 0. The van der Waals surface area contributed by atoms with Gasteiger partial charge in [-0.05, 0) is 25.7 Å². The second-order valence-electron chi connectivity index (χ2n) is 5.53. The van der Waals surface area contributed by atoms with Crippen LogP contribution in [-0.4, -0.2) is 41.1 Å². The predicted octanol–water partition coefficient (Wildman–Crippen LogP) is 1.90. The fraction of sp³-hybridized carbons (Fsp3) is 0.833. The monoisotopic (exact) mass is 279 g/mol. The van der Waals surface area contributed by atoms with Gasteiger partial charge in [0, 0.05) is 13.1 Å². The van der Waals surface area contributed by atoms with E-state index in [0.29, 0.717) is 12.8 Å². The first-order chi connectivity index (χ1) is 8.68. The van der Waals surface area contributed by atoms with E-state index < -0.39 is 29.4 Å². The molecular weight excluding hydrogens is 263 g/mol. The number of likely N-dealkylation sites (tertiary alicyclic amines) is 1. The average molecular weight is 279 g/mol. The van der Waals surface area contributed by atoms with E-state index in [4.69, 9.17) is 0 Å². The minimum atomic E-state index is -4.58. The van der Waals surface area contributed by atoms with Crippen LogP contribution in [0.2, 0.25) is 0 Å². The second kappa shape index (κ2) is 4.38. The molecule has 7 heteroatoms. The summed E-state index contributed by atoms with van der Waals surface area (Å²) in [5.74, 6) is -4.29. The molecule has 3 atom stereocenters. The van der Waals surface area contributed by atoms with Crippen molar-refractivity contribution in [1.29, 1.82) is 0 Å². The number of rotatable bonds is 2. The number of alkyl halides is 3. The Bertz CT molecular complexity index is 410. The molecule has 2 rings (SSSR count). The third-order valence-corrected chi connectivity index (χ3v) is 4.47. The molecule has 1 unspecified atom stereocenters. The molecule has 1 amide bonds. The summed E-state index contributed by atoms with van der Waals surface area (Å²) >= 11 is 0. The highest BCUT2D eigenvalue weighted by molar-refractivity contribution is 5.83. The molecule has 1 heterocycles. The highest BCUT2D eigenvalue weighted by Gasteiger charge is 2.57. The largest absolute Gasteiger partial charge is 0.481 e. The molecule has 1 saturated heterocycles. The van der Waals surface area contributed by atoms with Crippen molar-refractivity contribution in [2.45, 2.75) is 32.4 Å². The molecular formula is C12H16F3NO3. The zero-order chi connectivity index (χ0) is 14.4. The van der Waals surface area contributed by atoms with E-state index in [0.717, 1.165) is 18.2 Å². The first-order valence-corrected chi connectivity index (χ1v) is 6.27. The molecule has 19 heavy (non-hydrogen) atoms. The van der Waals surface area contributed by atoms with Gasteiger partial charge in [0.2, 0.25) is 5.91 Å². The van der Waals surface area contributed by atoms with Gasteiger partial charge < -0.3 is 10.0 Å². The summed E-state index contributed by atoms with van der Waals surface area (Å²) in [5.41, 5.74) is -1.03. The number of carboxylic acids is 1. The molecule has 4 nitrogen and oxygen atoms in total. The van der Waals surface area contributed by atoms with Crippen LogP contribution in [0, 0.1) is 17.3 Å². The van der Waals surface area contributed by atoms with Crippen molar-refractivity contribution in [2.75, 3.05) is 13.1 Å². The van der Waals surface area contributed by atoms with Gasteiger partial charge in [0.15, 0.2) is 0 Å². The number of carboxylic acid groups (broad SMARTS) is 1. The van der Waals surface area contributed by atoms with Crippen LogP contribution in [0.4, 0.5) is 13.2 Å². The molecule has 0 aromatic carbocycles. The molecule has 108 valence electrons. The van der Waals surface area contributed by atoms with Gasteiger partial charge in [-0.25, -0.2) is 0 Å². The molecule has 1 saturated carbocycles. The third kappa shape index (κ3) is 2.19. The number of nitrogens with zero attached hydrogens (tertiary/aromatic N) is 1. The van der Waals surface area contributed by atoms with Crippen LogP contribution in [0.25, 0.3) is 0 Å². The van der Waals surface area contributed by atoms with Gasteiger partial charge in [0.1, 0.15) is 5.92 Å². The number of hydrogen-bond donors (Lipinski definition) is 1. The molecule has 0 bridgehead atoms. The number of aliphatic carboxylic acids is 1. The van der Waals surface area contributed by atoms with Gasteiger partial charge in [0.05, 0.1) is 5.41 Å². The van der Waals surface area contributed by atoms with Crippen molar-refractivity contribution in [1.82, 2.24) is 4.90 Å². The predicted molar refractivity (Wildman–Crippen MR) is 59.2 cm³/mol. The van der Waals surface area contributed by atoms with E-state index in [2.05, 4.69) is 0 Å². The Kier molecular flexibility index (Phi) is 3.26. The van der Waals surface area contributed by atoms with Crippen molar-refractivity contribution in [3.63, 3.8) is 0 Å². The number of amides is 1. The number of carbonyl (C=O) groups is 2. The molecule has 2 fully saturated rings. The molecule has 0 aromatic heterocycles. The summed E-state index contributed by atoms with van der Waals surface area (Å²) in [4.78, 5) is 24.3. The lowest BCUT2D eigenvalue weighted by atomic mass is 9.81. The van der Waals surface area contributed by atoms with E-state index in [1.807, 2.05) is 0 Å². The Morgan fingerprint density at radius 3 is 2.53 bits per heavy atom. The minimum Gasteiger partial charge on any atom is -0.481 e. The standard InChI is InChI=1S/C12H16F3NO3/c1-7(12(13,14)15)9(17)16-5-8-3-2-4-11(8,6-16)10(18)19/h7-8H,2-6H2,1H3,(H,18,19)/t7?,8-,11+/m0/s1. The van der Waals surface area contributed by atoms with Crippen LogP contribution in [0.1, 0.15) is 26.2 Å². The van der Waals surface area contributed by atoms with E-state index >= 15 is 0 Å². The summed E-state index contributed by atoms with van der Waals surface area (Å²) < 4.78 is 37.6. The fourth-order valence-corrected chi connectivity index (χ4v) is 3.22. The average Bonchev–Trinajstić information content (AvgIpc) is 2.82. The van der Waals surface area contributed by atoms with Crippen LogP contribution in [-0.2, 0) is 9.59 Å². The molecule has 0 radical (unpaired) electrons. The van der Waals surface area contributed by atoms with Gasteiger partial charge in [-0.3, -0.25) is 9.59 Å². The second-order valence-corrected chi connectivity index (χ2v) is 5.53. The highest BCUT2D eigenvalue weighted by Crippen LogP contribution is 2.49. The zero-order valence-electron chi connectivity index (χ0n) is 10.5. The molecule has 0 aromatic rings. The Hall–Kier alpha value is -1.27. The normalized spacial score (nSPS) is 32.2. The lowest BCUT2D eigenvalue weighted by molar-refractivity contribution is -0.185. The van der Waals surface area contributed by atoms with E-state index in [-0.39, 0.29) is 19.0 Å². The first-order valence-electron chi connectivity index (χ1n) is 6.27. The van der Waals surface area contributed by atoms with Crippen molar-refractivity contribution >= 4 is 11.9 Å². The Morgan fingerprint density at radius 1 is 1.42 bits per heavy atom. The molecule has 1 N–H and O–H groups in total. The number of hydrogen-bond acceptors (Lipinski definition) is 2. The maximum Gasteiger partial charge on any atom is 0.400 e. The summed E-state index contributed by atoms with van der Waals surface area (Å²) in [7, 11) is 0. The van der Waals surface area contributed by atoms with E-state index in [9.17, 15) is 27.9 Å². The van der Waals surface area contributed by atoms with Crippen LogP contribution in [0.3, 0.4) is 0 Å². The van der Waals surface area contributed by atoms with Crippen LogP contribution >= 0.6 is 0 Å². The molecule has 2 aliphatic rings. The van der Waals surface area contributed by atoms with Crippen molar-refractivity contribution in [2.24, 2.45) is 17.3 Å². The summed E-state index contributed by atoms with van der Waals surface area (Å²) in [6.45, 7) is 0.863. The number of fused-ring (bicyclic) bond motifs is 1. The van der Waals surface area contributed by atoms with Gasteiger partial charge in [-0.15, -0.1) is 0 Å². The van der Waals surface area contributed by atoms with Crippen LogP contribution in [0.5, 0.6) is 0 Å². The molecule has 1 aliphatic heterocycles. The Labute approximate surface area is 108 Å². The molecule has 0 spiro atoms. The fourth-order valence-electron chi connectivity index (χ4n) is 3.22. The number of halogens is 3. The number of carbonyl (C=O) groups excluding carboxylic acids is 1.